The Bertz CT molecular complexity index is 744. The molecule has 0 unspecified atom stereocenters. The van der Waals surface area contributed by atoms with Crippen molar-refractivity contribution in [1.82, 2.24) is 9.88 Å². The molecule has 0 aliphatic rings. The number of nitriles is 1. The number of nitrogens with zero attached hydrogens (tertiary/aromatic N) is 3. The van der Waals surface area contributed by atoms with E-state index in [0.717, 1.165) is 11.1 Å². The third-order valence-electron chi connectivity index (χ3n) is 3.88. The first-order valence-electron chi connectivity index (χ1n) is 7.88. The summed E-state index contributed by atoms with van der Waals surface area (Å²) in [7, 11) is 3.11. The molecular formula is C19H21N3O3. The van der Waals surface area contributed by atoms with Gasteiger partial charge in [-0.2, -0.15) is 5.26 Å². The minimum absolute atomic E-state index is 0.185. The van der Waals surface area contributed by atoms with E-state index >= 15 is 0 Å². The second kappa shape index (κ2) is 8.69. The Balaban J connectivity index is 2.34. The fourth-order valence-corrected chi connectivity index (χ4v) is 2.54. The van der Waals surface area contributed by atoms with Gasteiger partial charge in [-0.05, 0) is 30.7 Å². The van der Waals surface area contributed by atoms with E-state index in [2.05, 4.69) is 11.1 Å². The van der Waals surface area contributed by atoms with Gasteiger partial charge in [0.05, 0.1) is 26.7 Å². The predicted molar refractivity (Wildman–Crippen MR) is 93.5 cm³/mol. The first-order valence-corrected chi connectivity index (χ1v) is 7.88. The molecule has 1 heterocycles. The molecule has 0 saturated heterocycles. The molecule has 6 heteroatoms. The van der Waals surface area contributed by atoms with Gasteiger partial charge in [0.25, 0.3) is 5.91 Å². The topological polar surface area (TPSA) is 75.5 Å². The lowest BCUT2D eigenvalue weighted by Crippen LogP contribution is -2.31. The second-order valence-electron chi connectivity index (χ2n) is 5.50. The predicted octanol–water partition coefficient (Wildman–Crippen LogP) is 2.96. The average molecular weight is 339 g/mol. The minimum Gasteiger partial charge on any atom is -0.496 e. The Kier molecular flexibility index (Phi) is 6.35. The van der Waals surface area contributed by atoms with E-state index in [-0.39, 0.29) is 12.3 Å². The molecule has 2 rings (SSSR count). The van der Waals surface area contributed by atoms with Crippen molar-refractivity contribution >= 4 is 5.91 Å². The Morgan fingerprint density at radius 2 is 1.96 bits per heavy atom. The van der Waals surface area contributed by atoms with Crippen LogP contribution in [0.15, 0.2) is 36.7 Å². The number of pyridine rings is 1. The number of methoxy groups -OCH3 is 2. The fraction of sp³-hybridized carbons (Fsp3) is 0.316. The van der Waals surface area contributed by atoms with Gasteiger partial charge in [0, 0.05) is 36.6 Å². The van der Waals surface area contributed by atoms with Crippen molar-refractivity contribution in [2.24, 2.45) is 0 Å². The molecule has 0 aliphatic carbocycles. The molecule has 6 nitrogen and oxygen atoms in total. The zero-order valence-corrected chi connectivity index (χ0v) is 14.7. The van der Waals surface area contributed by atoms with E-state index in [4.69, 9.17) is 14.7 Å². The Hall–Kier alpha value is -3.07. The van der Waals surface area contributed by atoms with Crippen LogP contribution in [-0.2, 0) is 6.54 Å². The highest BCUT2D eigenvalue weighted by atomic mass is 16.5. The minimum atomic E-state index is -0.185. The average Bonchev–Trinajstić information content (AvgIpc) is 2.65. The highest BCUT2D eigenvalue weighted by Crippen LogP contribution is 2.30. The molecule has 1 amide bonds. The summed E-state index contributed by atoms with van der Waals surface area (Å²) in [6.07, 6.45) is 3.65. The van der Waals surface area contributed by atoms with Gasteiger partial charge in [-0.1, -0.05) is 6.07 Å². The molecule has 1 aromatic carbocycles. The third-order valence-corrected chi connectivity index (χ3v) is 3.88. The van der Waals surface area contributed by atoms with Crippen LogP contribution in [0.4, 0.5) is 0 Å². The monoisotopic (exact) mass is 339 g/mol. The number of carbonyl (C=O) groups is 1. The van der Waals surface area contributed by atoms with Crippen LogP contribution in [0.5, 0.6) is 11.5 Å². The lowest BCUT2D eigenvalue weighted by atomic mass is 10.1. The van der Waals surface area contributed by atoms with Crippen LogP contribution in [0.3, 0.4) is 0 Å². The third kappa shape index (κ3) is 4.48. The lowest BCUT2D eigenvalue weighted by Gasteiger charge is -2.22. The van der Waals surface area contributed by atoms with Crippen molar-refractivity contribution in [2.45, 2.75) is 19.9 Å². The first kappa shape index (κ1) is 18.3. The van der Waals surface area contributed by atoms with Gasteiger partial charge in [-0.25, -0.2) is 0 Å². The summed E-state index contributed by atoms with van der Waals surface area (Å²) >= 11 is 0. The summed E-state index contributed by atoms with van der Waals surface area (Å²) in [6.45, 7) is 2.59. The normalized spacial score (nSPS) is 10.0. The van der Waals surface area contributed by atoms with E-state index in [0.29, 0.717) is 30.2 Å². The summed E-state index contributed by atoms with van der Waals surface area (Å²) in [5, 5.41) is 8.89. The molecule has 0 bridgehead atoms. The van der Waals surface area contributed by atoms with Gasteiger partial charge >= 0.3 is 0 Å². The van der Waals surface area contributed by atoms with Crippen molar-refractivity contribution in [2.75, 3.05) is 20.8 Å². The maximum atomic E-state index is 13.0. The van der Waals surface area contributed by atoms with Gasteiger partial charge in [-0.15, -0.1) is 0 Å². The highest BCUT2D eigenvalue weighted by molar-refractivity contribution is 5.95. The van der Waals surface area contributed by atoms with E-state index < -0.39 is 0 Å². The maximum Gasteiger partial charge on any atom is 0.254 e. The molecule has 0 saturated carbocycles. The van der Waals surface area contributed by atoms with E-state index in [1.807, 2.05) is 19.1 Å². The summed E-state index contributed by atoms with van der Waals surface area (Å²) < 4.78 is 10.7. The van der Waals surface area contributed by atoms with E-state index in [9.17, 15) is 4.79 Å². The molecule has 0 aliphatic heterocycles. The largest absolute Gasteiger partial charge is 0.496 e. The number of rotatable bonds is 7. The molecule has 0 atom stereocenters. The number of aromatic nitrogens is 1. The second-order valence-corrected chi connectivity index (χ2v) is 5.50. The molecule has 0 N–H and O–H groups in total. The van der Waals surface area contributed by atoms with Crippen LogP contribution >= 0.6 is 0 Å². The molecule has 130 valence electrons. The van der Waals surface area contributed by atoms with Crippen LogP contribution in [-0.4, -0.2) is 36.6 Å². The van der Waals surface area contributed by atoms with E-state index in [1.165, 1.54) is 0 Å². The van der Waals surface area contributed by atoms with Crippen LogP contribution in [0.1, 0.15) is 27.9 Å². The molecule has 25 heavy (non-hydrogen) atoms. The number of hydrogen-bond acceptors (Lipinski definition) is 5. The van der Waals surface area contributed by atoms with Crippen LogP contribution in [0.2, 0.25) is 0 Å². The van der Waals surface area contributed by atoms with Crippen molar-refractivity contribution in [3.63, 3.8) is 0 Å². The molecule has 0 radical (unpaired) electrons. The summed E-state index contributed by atoms with van der Waals surface area (Å²) in [5.74, 6) is 0.990. The summed E-state index contributed by atoms with van der Waals surface area (Å²) in [5.41, 5.74) is 2.19. The number of hydrogen-bond donors (Lipinski definition) is 0. The maximum absolute atomic E-state index is 13.0. The quantitative estimate of drug-likeness (QED) is 0.775. The number of carbonyl (C=O) groups excluding carboxylic acids is 1. The Labute approximate surface area is 147 Å². The van der Waals surface area contributed by atoms with E-state index in [1.54, 1.807) is 43.6 Å². The molecular weight excluding hydrogens is 318 g/mol. The van der Waals surface area contributed by atoms with Crippen molar-refractivity contribution in [3.8, 4) is 17.6 Å². The van der Waals surface area contributed by atoms with Crippen molar-refractivity contribution in [3.05, 3.63) is 53.3 Å². The first-order chi connectivity index (χ1) is 12.1. The zero-order valence-electron chi connectivity index (χ0n) is 14.7. The molecule has 0 fully saturated rings. The number of ether oxygens (including phenoxy) is 2. The molecule has 2 aromatic rings. The Morgan fingerprint density at radius 3 is 2.48 bits per heavy atom. The van der Waals surface area contributed by atoms with Crippen molar-refractivity contribution < 1.29 is 14.3 Å². The number of benzene rings is 1. The SMILES string of the molecule is COc1cc(C(=O)N(CCC#N)Cc2cccnc2)cc(OC)c1C. The van der Waals surface area contributed by atoms with Crippen LogP contribution in [0, 0.1) is 18.3 Å². The van der Waals surface area contributed by atoms with Gasteiger partial charge in [-0.3, -0.25) is 9.78 Å². The van der Waals surface area contributed by atoms with Gasteiger partial charge in [0.15, 0.2) is 0 Å². The van der Waals surface area contributed by atoms with Gasteiger partial charge < -0.3 is 14.4 Å². The lowest BCUT2D eigenvalue weighted by molar-refractivity contribution is 0.0746. The molecule has 0 spiro atoms. The standard InChI is InChI=1S/C19H21N3O3/c1-14-17(24-2)10-16(11-18(14)25-3)19(23)22(9-5-7-20)13-15-6-4-8-21-12-15/h4,6,8,10-12H,5,9,13H2,1-3H3. The zero-order chi connectivity index (χ0) is 18.2. The fourth-order valence-electron chi connectivity index (χ4n) is 2.54. The Morgan fingerprint density at radius 1 is 1.28 bits per heavy atom. The summed E-state index contributed by atoms with van der Waals surface area (Å²) in [6, 6.07) is 9.20. The van der Waals surface area contributed by atoms with Crippen molar-refractivity contribution in [1.29, 1.82) is 5.26 Å². The van der Waals surface area contributed by atoms with Crippen LogP contribution in [0.25, 0.3) is 0 Å². The molecule has 1 aromatic heterocycles. The highest BCUT2D eigenvalue weighted by Gasteiger charge is 2.19. The smallest absolute Gasteiger partial charge is 0.254 e. The number of amides is 1. The van der Waals surface area contributed by atoms with Crippen LogP contribution < -0.4 is 9.47 Å². The van der Waals surface area contributed by atoms with Gasteiger partial charge in [0.2, 0.25) is 0 Å². The summed E-state index contributed by atoms with van der Waals surface area (Å²) in [4.78, 5) is 18.7. The van der Waals surface area contributed by atoms with Gasteiger partial charge in [0.1, 0.15) is 11.5 Å².